The molecule has 0 aromatic rings. The number of rotatable bonds is 3. The van der Waals surface area contributed by atoms with Crippen molar-refractivity contribution in [3.8, 4) is 0 Å². The van der Waals surface area contributed by atoms with Gasteiger partial charge in [-0.25, -0.2) is 0 Å². The second kappa shape index (κ2) is 3.46. The van der Waals surface area contributed by atoms with Gasteiger partial charge in [0.25, 0.3) is 0 Å². The molecular weight excluding hydrogens is 180 g/mol. The lowest BCUT2D eigenvalue weighted by Gasteiger charge is -2.37. The minimum Gasteiger partial charge on any atom is -0.126 e. The molecule has 2 fully saturated rings. The maximum absolute atomic E-state index is 6.20. The van der Waals surface area contributed by atoms with Crippen molar-refractivity contribution in [1.29, 1.82) is 0 Å². The van der Waals surface area contributed by atoms with Crippen molar-refractivity contribution in [2.24, 2.45) is 23.2 Å². The average Bonchev–Trinajstić information content (AvgIpc) is 2.62. The molecule has 0 aromatic carbocycles. The lowest BCUT2D eigenvalue weighted by Crippen LogP contribution is -2.31. The molecule has 1 heteroatoms. The van der Waals surface area contributed by atoms with Crippen LogP contribution in [0.4, 0.5) is 0 Å². The Morgan fingerprint density at radius 1 is 1.38 bits per heavy atom. The first-order chi connectivity index (χ1) is 6.16. The third kappa shape index (κ3) is 1.63. The van der Waals surface area contributed by atoms with E-state index in [1.54, 1.807) is 0 Å². The number of halogens is 1. The van der Waals surface area contributed by atoms with E-state index in [4.69, 9.17) is 11.6 Å². The Kier molecular flexibility index (Phi) is 2.61. The summed E-state index contributed by atoms with van der Waals surface area (Å²) in [6.45, 7) is 4.67. The highest BCUT2D eigenvalue weighted by atomic mass is 35.5. The van der Waals surface area contributed by atoms with Gasteiger partial charge in [0.05, 0.1) is 0 Å². The van der Waals surface area contributed by atoms with Gasteiger partial charge in [0.2, 0.25) is 0 Å². The first kappa shape index (κ1) is 9.83. The minimum atomic E-state index is 0.540. The number of alkyl halides is 1. The summed E-state index contributed by atoms with van der Waals surface area (Å²) in [4.78, 5) is 0. The zero-order chi connectivity index (χ0) is 9.47. The van der Waals surface area contributed by atoms with Crippen LogP contribution in [0.1, 0.15) is 46.0 Å². The molecule has 3 atom stereocenters. The van der Waals surface area contributed by atoms with E-state index >= 15 is 0 Å². The zero-order valence-corrected chi connectivity index (χ0v) is 9.61. The number of hydrogen-bond donors (Lipinski definition) is 0. The van der Waals surface area contributed by atoms with Gasteiger partial charge < -0.3 is 0 Å². The van der Waals surface area contributed by atoms with Crippen LogP contribution < -0.4 is 0 Å². The summed E-state index contributed by atoms with van der Waals surface area (Å²) < 4.78 is 0. The molecule has 2 aliphatic rings. The Balaban J connectivity index is 2.08. The van der Waals surface area contributed by atoms with Crippen LogP contribution in [0.2, 0.25) is 0 Å². The fourth-order valence-electron chi connectivity index (χ4n) is 3.84. The topological polar surface area (TPSA) is 0 Å². The average molecular weight is 201 g/mol. The van der Waals surface area contributed by atoms with Gasteiger partial charge in [-0.1, -0.05) is 20.3 Å². The van der Waals surface area contributed by atoms with E-state index < -0.39 is 0 Å². The second-order valence-electron chi connectivity index (χ2n) is 5.67. The van der Waals surface area contributed by atoms with Gasteiger partial charge >= 0.3 is 0 Å². The molecule has 0 N–H and O–H groups in total. The van der Waals surface area contributed by atoms with Crippen molar-refractivity contribution in [3.63, 3.8) is 0 Å². The van der Waals surface area contributed by atoms with Gasteiger partial charge in [-0.15, -0.1) is 11.6 Å². The largest absolute Gasteiger partial charge is 0.126 e. The maximum Gasteiger partial charge on any atom is 0.0282 e. The molecule has 2 aliphatic carbocycles. The third-order valence-electron chi connectivity index (χ3n) is 4.18. The summed E-state index contributed by atoms with van der Waals surface area (Å²) in [5.74, 6) is 3.73. The number of fused-ring (bicyclic) bond motifs is 2. The molecule has 13 heavy (non-hydrogen) atoms. The Morgan fingerprint density at radius 2 is 2.15 bits per heavy atom. The maximum atomic E-state index is 6.20. The molecule has 0 amide bonds. The van der Waals surface area contributed by atoms with Crippen molar-refractivity contribution in [3.05, 3.63) is 0 Å². The van der Waals surface area contributed by atoms with Crippen LogP contribution in [-0.2, 0) is 0 Å². The van der Waals surface area contributed by atoms with Gasteiger partial charge in [0.15, 0.2) is 0 Å². The van der Waals surface area contributed by atoms with Crippen LogP contribution in [0.5, 0.6) is 0 Å². The van der Waals surface area contributed by atoms with Gasteiger partial charge in [-0.3, -0.25) is 0 Å². The van der Waals surface area contributed by atoms with Crippen molar-refractivity contribution in [1.82, 2.24) is 0 Å². The van der Waals surface area contributed by atoms with Gasteiger partial charge in [0, 0.05) is 5.88 Å². The fourth-order valence-corrected chi connectivity index (χ4v) is 4.28. The standard InChI is InChI=1S/C12H21Cl/c1-9(2)6-12(8-13)7-10-3-4-11(12)5-10/h9-11H,3-8H2,1-2H3. The predicted octanol–water partition coefficient (Wildman–Crippen LogP) is 4.08. The van der Waals surface area contributed by atoms with Crippen molar-refractivity contribution >= 4 is 11.6 Å². The zero-order valence-electron chi connectivity index (χ0n) is 8.85. The predicted molar refractivity (Wildman–Crippen MR) is 58.1 cm³/mol. The lowest BCUT2D eigenvalue weighted by atomic mass is 9.70. The quantitative estimate of drug-likeness (QED) is 0.603. The van der Waals surface area contributed by atoms with Crippen LogP contribution in [0.3, 0.4) is 0 Å². The molecule has 2 bridgehead atoms. The summed E-state index contributed by atoms with van der Waals surface area (Å²) in [6, 6.07) is 0. The van der Waals surface area contributed by atoms with Gasteiger partial charge in [0.1, 0.15) is 0 Å². The summed E-state index contributed by atoms with van der Waals surface area (Å²) in [5, 5.41) is 0. The van der Waals surface area contributed by atoms with Crippen molar-refractivity contribution in [2.75, 3.05) is 5.88 Å². The van der Waals surface area contributed by atoms with Crippen LogP contribution >= 0.6 is 11.6 Å². The Hall–Kier alpha value is 0.290. The number of hydrogen-bond acceptors (Lipinski definition) is 0. The van der Waals surface area contributed by atoms with E-state index in [1.807, 2.05) is 0 Å². The smallest absolute Gasteiger partial charge is 0.0282 e. The van der Waals surface area contributed by atoms with Crippen molar-refractivity contribution < 1.29 is 0 Å². The van der Waals surface area contributed by atoms with E-state index in [0.717, 1.165) is 23.6 Å². The molecule has 0 aromatic heterocycles. The minimum absolute atomic E-state index is 0.540. The molecule has 0 aliphatic heterocycles. The molecule has 2 saturated carbocycles. The summed E-state index contributed by atoms with van der Waals surface area (Å²) in [6.07, 6.45) is 7.22. The highest BCUT2D eigenvalue weighted by molar-refractivity contribution is 6.18. The summed E-state index contributed by atoms with van der Waals surface area (Å²) in [7, 11) is 0. The third-order valence-corrected chi connectivity index (χ3v) is 4.72. The molecule has 0 spiro atoms. The normalized spacial score (nSPS) is 43.4. The van der Waals surface area contributed by atoms with Crippen LogP contribution in [-0.4, -0.2) is 5.88 Å². The Labute approximate surface area is 87.0 Å². The molecule has 0 heterocycles. The molecular formula is C12H21Cl. The molecule has 0 radical (unpaired) electrons. The van der Waals surface area contributed by atoms with E-state index in [1.165, 1.54) is 32.1 Å². The van der Waals surface area contributed by atoms with Crippen molar-refractivity contribution in [2.45, 2.75) is 46.0 Å². The van der Waals surface area contributed by atoms with Crippen LogP contribution in [0.25, 0.3) is 0 Å². The molecule has 3 unspecified atom stereocenters. The molecule has 0 saturated heterocycles. The molecule has 2 rings (SSSR count). The molecule has 76 valence electrons. The van der Waals surface area contributed by atoms with Crippen LogP contribution in [0.15, 0.2) is 0 Å². The first-order valence-electron chi connectivity index (χ1n) is 5.72. The monoisotopic (exact) mass is 200 g/mol. The summed E-state index contributed by atoms with van der Waals surface area (Å²) in [5.41, 5.74) is 0.540. The molecule has 0 nitrogen and oxygen atoms in total. The first-order valence-corrected chi connectivity index (χ1v) is 6.26. The fraction of sp³-hybridized carbons (Fsp3) is 1.00. The van der Waals surface area contributed by atoms with E-state index in [-0.39, 0.29) is 0 Å². The highest BCUT2D eigenvalue weighted by Gasteiger charge is 2.50. The van der Waals surface area contributed by atoms with E-state index in [9.17, 15) is 0 Å². The second-order valence-corrected chi connectivity index (χ2v) is 5.94. The Morgan fingerprint density at radius 3 is 2.54 bits per heavy atom. The highest BCUT2D eigenvalue weighted by Crippen LogP contribution is 2.58. The summed E-state index contributed by atoms with van der Waals surface area (Å²) >= 11 is 6.20. The van der Waals surface area contributed by atoms with Gasteiger partial charge in [-0.2, -0.15) is 0 Å². The lowest BCUT2D eigenvalue weighted by molar-refractivity contribution is 0.155. The van der Waals surface area contributed by atoms with Crippen LogP contribution in [0, 0.1) is 23.2 Å². The Bertz CT molecular complexity index is 188. The van der Waals surface area contributed by atoms with E-state index in [2.05, 4.69) is 13.8 Å². The van der Waals surface area contributed by atoms with E-state index in [0.29, 0.717) is 5.41 Å². The SMILES string of the molecule is CC(C)CC1(CCl)CC2CCC1C2. The van der Waals surface area contributed by atoms with Gasteiger partial charge in [-0.05, 0) is 48.9 Å².